The van der Waals surface area contributed by atoms with Crippen LogP contribution in [0.2, 0.25) is 0 Å². The second-order valence-electron chi connectivity index (χ2n) is 4.98. The lowest BCUT2D eigenvalue weighted by molar-refractivity contribution is 0.463. The van der Waals surface area contributed by atoms with E-state index in [0.29, 0.717) is 0 Å². The molecule has 1 N–H and O–H groups in total. The van der Waals surface area contributed by atoms with Crippen molar-refractivity contribution in [2.45, 2.75) is 19.4 Å². The van der Waals surface area contributed by atoms with Gasteiger partial charge in [-0.1, -0.05) is 25.1 Å². The van der Waals surface area contributed by atoms with E-state index in [9.17, 15) is 0 Å². The summed E-state index contributed by atoms with van der Waals surface area (Å²) in [5, 5.41) is 4.63. The van der Waals surface area contributed by atoms with Gasteiger partial charge in [-0.2, -0.15) is 0 Å². The number of furan rings is 1. The Morgan fingerprint density at radius 1 is 1.24 bits per heavy atom. The van der Waals surface area contributed by atoms with Crippen LogP contribution in [0, 0.1) is 0 Å². The van der Waals surface area contributed by atoms with Crippen LogP contribution in [0.25, 0.3) is 11.0 Å². The highest BCUT2D eigenvalue weighted by Gasteiger charge is 2.19. The molecular weight excluding hydrogens is 328 g/mol. The van der Waals surface area contributed by atoms with E-state index >= 15 is 0 Å². The zero-order chi connectivity index (χ0) is 14.7. The summed E-state index contributed by atoms with van der Waals surface area (Å²) < 4.78 is 6.97. The molecule has 0 aliphatic heterocycles. The molecule has 0 fully saturated rings. The lowest BCUT2D eigenvalue weighted by atomic mass is 10.1. The summed E-state index contributed by atoms with van der Waals surface area (Å²) in [7, 11) is 0. The summed E-state index contributed by atoms with van der Waals surface area (Å²) in [5.74, 6) is 0.902. The van der Waals surface area contributed by atoms with E-state index in [1.165, 1.54) is 0 Å². The van der Waals surface area contributed by atoms with Crippen LogP contribution in [0.3, 0.4) is 0 Å². The van der Waals surface area contributed by atoms with Crippen LogP contribution in [0.15, 0.2) is 57.6 Å². The summed E-state index contributed by atoms with van der Waals surface area (Å²) in [4.78, 5) is 4.51. The quantitative estimate of drug-likeness (QED) is 0.730. The Hall–Kier alpha value is -1.65. The highest BCUT2D eigenvalue weighted by atomic mass is 79.9. The highest BCUT2D eigenvalue weighted by molar-refractivity contribution is 9.10. The van der Waals surface area contributed by atoms with Gasteiger partial charge in [0.05, 0.1) is 5.69 Å². The molecule has 1 aromatic carbocycles. The molecule has 0 aliphatic rings. The molecule has 0 amide bonds. The predicted molar refractivity (Wildman–Crippen MR) is 88.3 cm³/mol. The van der Waals surface area contributed by atoms with Gasteiger partial charge in [0.1, 0.15) is 17.4 Å². The summed E-state index contributed by atoms with van der Waals surface area (Å²) in [6.07, 6.45) is 2.88. The molecule has 1 unspecified atom stereocenters. The number of pyridine rings is 1. The number of rotatable bonds is 5. The molecule has 0 radical (unpaired) electrons. The first-order valence-corrected chi connectivity index (χ1v) is 7.90. The van der Waals surface area contributed by atoms with E-state index in [2.05, 4.69) is 45.3 Å². The third kappa shape index (κ3) is 3.17. The second kappa shape index (κ2) is 6.41. The largest absolute Gasteiger partial charge is 0.459 e. The molecule has 1 atom stereocenters. The van der Waals surface area contributed by atoms with E-state index in [-0.39, 0.29) is 6.04 Å². The van der Waals surface area contributed by atoms with Gasteiger partial charge >= 0.3 is 0 Å². The van der Waals surface area contributed by atoms with Crippen LogP contribution in [0.1, 0.15) is 30.8 Å². The lowest BCUT2D eigenvalue weighted by Crippen LogP contribution is -2.23. The summed E-state index contributed by atoms with van der Waals surface area (Å²) in [6.45, 7) is 3.07. The molecule has 3 aromatic rings. The molecule has 2 heterocycles. The Balaban J connectivity index is 1.99. The number of fused-ring (bicyclic) bond motifs is 1. The first-order chi connectivity index (χ1) is 10.3. The fourth-order valence-corrected chi connectivity index (χ4v) is 2.58. The Morgan fingerprint density at radius 2 is 2.10 bits per heavy atom. The number of aromatic nitrogens is 1. The molecule has 3 nitrogen and oxygen atoms in total. The number of halogens is 1. The van der Waals surface area contributed by atoms with Gasteiger partial charge in [-0.05, 0) is 53.2 Å². The van der Waals surface area contributed by atoms with Crippen molar-refractivity contribution in [2.24, 2.45) is 0 Å². The molecule has 0 saturated carbocycles. The number of benzene rings is 1. The molecule has 3 rings (SSSR count). The van der Waals surface area contributed by atoms with Crippen molar-refractivity contribution in [3.63, 3.8) is 0 Å². The number of nitrogens with one attached hydrogen (secondary N) is 1. The van der Waals surface area contributed by atoms with Crippen molar-refractivity contribution in [1.29, 1.82) is 0 Å². The number of nitrogens with zero attached hydrogens (tertiary/aromatic N) is 1. The van der Waals surface area contributed by atoms with E-state index in [0.717, 1.165) is 39.9 Å². The van der Waals surface area contributed by atoms with Crippen LogP contribution in [-0.4, -0.2) is 11.5 Å². The van der Waals surface area contributed by atoms with Crippen LogP contribution >= 0.6 is 15.9 Å². The molecule has 0 bridgehead atoms. The minimum Gasteiger partial charge on any atom is -0.459 e. The van der Waals surface area contributed by atoms with E-state index < -0.39 is 0 Å². The van der Waals surface area contributed by atoms with Gasteiger partial charge in [0.2, 0.25) is 0 Å². The molecule has 0 spiro atoms. The van der Waals surface area contributed by atoms with Gasteiger partial charge in [0, 0.05) is 16.1 Å². The summed E-state index contributed by atoms with van der Waals surface area (Å²) in [6, 6.07) is 14.2. The van der Waals surface area contributed by atoms with E-state index in [4.69, 9.17) is 4.42 Å². The number of para-hydroxylation sites is 1. The second-order valence-corrected chi connectivity index (χ2v) is 5.89. The van der Waals surface area contributed by atoms with Crippen molar-refractivity contribution < 1.29 is 4.42 Å². The minimum atomic E-state index is -0.0227. The van der Waals surface area contributed by atoms with Gasteiger partial charge < -0.3 is 9.73 Å². The molecule has 4 heteroatoms. The molecule has 21 heavy (non-hydrogen) atoms. The van der Waals surface area contributed by atoms with Gasteiger partial charge in [0.25, 0.3) is 0 Å². The topological polar surface area (TPSA) is 38.1 Å². The Labute approximate surface area is 132 Å². The predicted octanol–water partition coefficient (Wildman–Crippen LogP) is 4.68. The monoisotopic (exact) mass is 344 g/mol. The van der Waals surface area contributed by atoms with Gasteiger partial charge in [-0.25, -0.2) is 0 Å². The first kappa shape index (κ1) is 14.3. The Kier molecular flexibility index (Phi) is 4.36. The van der Waals surface area contributed by atoms with E-state index in [1.807, 2.05) is 36.5 Å². The zero-order valence-corrected chi connectivity index (χ0v) is 13.4. The van der Waals surface area contributed by atoms with Crippen LogP contribution < -0.4 is 5.32 Å². The van der Waals surface area contributed by atoms with Crippen LogP contribution in [0.4, 0.5) is 0 Å². The van der Waals surface area contributed by atoms with Crippen molar-refractivity contribution in [3.05, 3.63) is 64.6 Å². The standard InChI is InChI=1S/C17H17BrN2O/c1-2-9-19-17(14-8-7-13(18)11-20-14)16-10-12-5-3-4-6-15(12)21-16/h3-8,10-11,17,19H,2,9H2,1H3. The molecule has 0 aliphatic carbocycles. The molecule has 0 saturated heterocycles. The van der Waals surface area contributed by atoms with Gasteiger partial charge in [0.15, 0.2) is 0 Å². The van der Waals surface area contributed by atoms with Crippen LogP contribution in [-0.2, 0) is 0 Å². The van der Waals surface area contributed by atoms with Crippen molar-refractivity contribution in [2.75, 3.05) is 6.54 Å². The maximum Gasteiger partial charge on any atom is 0.134 e. The first-order valence-electron chi connectivity index (χ1n) is 7.11. The third-order valence-corrected chi connectivity index (χ3v) is 3.84. The van der Waals surface area contributed by atoms with E-state index in [1.54, 1.807) is 0 Å². The fourth-order valence-electron chi connectivity index (χ4n) is 2.34. The smallest absolute Gasteiger partial charge is 0.134 e. The maximum atomic E-state index is 6.00. The summed E-state index contributed by atoms with van der Waals surface area (Å²) in [5.41, 5.74) is 1.87. The Morgan fingerprint density at radius 3 is 2.81 bits per heavy atom. The van der Waals surface area contributed by atoms with Gasteiger partial charge in [-0.15, -0.1) is 0 Å². The van der Waals surface area contributed by atoms with Crippen molar-refractivity contribution in [1.82, 2.24) is 10.3 Å². The third-order valence-electron chi connectivity index (χ3n) is 3.37. The highest BCUT2D eigenvalue weighted by Crippen LogP contribution is 2.27. The zero-order valence-electron chi connectivity index (χ0n) is 11.8. The molecule has 108 valence electrons. The minimum absolute atomic E-state index is 0.0227. The average Bonchev–Trinajstić information content (AvgIpc) is 2.93. The SMILES string of the molecule is CCCNC(c1ccc(Br)cn1)c1cc2ccccc2o1. The fraction of sp³-hybridized carbons (Fsp3) is 0.235. The average molecular weight is 345 g/mol. The van der Waals surface area contributed by atoms with Crippen molar-refractivity contribution >= 4 is 26.9 Å². The molecule has 2 aromatic heterocycles. The lowest BCUT2D eigenvalue weighted by Gasteiger charge is -2.15. The number of hydrogen-bond acceptors (Lipinski definition) is 3. The van der Waals surface area contributed by atoms with Crippen LogP contribution in [0.5, 0.6) is 0 Å². The maximum absolute atomic E-state index is 6.00. The molecular formula is C17H17BrN2O. The van der Waals surface area contributed by atoms with Crippen molar-refractivity contribution in [3.8, 4) is 0 Å². The summed E-state index contributed by atoms with van der Waals surface area (Å²) >= 11 is 3.43. The Bertz CT molecular complexity index is 688. The number of hydrogen-bond donors (Lipinski definition) is 1. The van der Waals surface area contributed by atoms with Gasteiger partial charge in [-0.3, -0.25) is 4.98 Å². The normalized spacial score (nSPS) is 12.7.